The highest BCUT2D eigenvalue weighted by Gasteiger charge is 2.28. The maximum absolute atomic E-state index is 11.7. The second kappa shape index (κ2) is 6.86. The molecule has 19 heavy (non-hydrogen) atoms. The van der Waals surface area contributed by atoms with Crippen LogP contribution in [0.15, 0.2) is 0 Å². The average Bonchev–Trinajstić information content (AvgIpc) is 2.37. The smallest absolute Gasteiger partial charge is 0.239 e. The highest BCUT2D eigenvalue weighted by atomic mass is 16.5. The molecule has 0 aromatic rings. The highest BCUT2D eigenvalue weighted by Crippen LogP contribution is 2.14. The zero-order valence-corrected chi connectivity index (χ0v) is 12.4. The number of carbonyl (C=O) groups excluding carboxylic acids is 2. The van der Waals surface area contributed by atoms with Gasteiger partial charge in [0.1, 0.15) is 0 Å². The van der Waals surface area contributed by atoms with Crippen molar-refractivity contribution in [2.45, 2.75) is 26.3 Å². The minimum atomic E-state index is -0.126. The Labute approximate surface area is 115 Å². The van der Waals surface area contributed by atoms with Gasteiger partial charge in [-0.2, -0.15) is 0 Å². The van der Waals surface area contributed by atoms with Gasteiger partial charge in [-0.3, -0.25) is 14.5 Å². The van der Waals surface area contributed by atoms with Crippen LogP contribution in [-0.2, 0) is 14.3 Å². The van der Waals surface area contributed by atoms with E-state index in [-0.39, 0.29) is 23.9 Å². The van der Waals surface area contributed by atoms with E-state index in [1.165, 1.54) is 11.8 Å². The minimum Gasteiger partial charge on any atom is -0.379 e. The third kappa shape index (κ3) is 5.16. The molecule has 0 spiro atoms. The summed E-state index contributed by atoms with van der Waals surface area (Å²) in [6, 6.07) is 0. The first kappa shape index (κ1) is 15.9. The van der Waals surface area contributed by atoms with E-state index < -0.39 is 0 Å². The molecule has 0 radical (unpaired) electrons. The van der Waals surface area contributed by atoms with Gasteiger partial charge >= 0.3 is 0 Å². The molecule has 1 fully saturated rings. The van der Waals surface area contributed by atoms with Crippen molar-refractivity contribution in [3.8, 4) is 0 Å². The monoisotopic (exact) mass is 271 g/mol. The normalized spacial score (nSPS) is 17.1. The van der Waals surface area contributed by atoms with Crippen molar-refractivity contribution < 1.29 is 14.3 Å². The van der Waals surface area contributed by atoms with Crippen LogP contribution in [0.2, 0.25) is 0 Å². The van der Waals surface area contributed by atoms with E-state index in [9.17, 15) is 9.59 Å². The molecule has 0 bridgehead atoms. The molecule has 110 valence electrons. The van der Waals surface area contributed by atoms with Crippen LogP contribution in [-0.4, -0.2) is 73.6 Å². The van der Waals surface area contributed by atoms with Gasteiger partial charge in [0.05, 0.1) is 19.8 Å². The molecule has 0 atom stereocenters. The number of rotatable bonds is 5. The van der Waals surface area contributed by atoms with Crippen molar-refractivity contribution in [2.24, 2.45) is 0 Å². The molecular weight excluding hydrogens is 246 g/mol. The van der Waals surface area contributed by atoms with Gasteiger partial charge in [-0.25, -0.2) is 0 Å². The van der Waals surface area contributed by atoms with Gasteiger partial charge in [0.2, 0.25) is 11.8 Å². The molecule has 0 saturated carbocycles. The zero-order valence-electron chi connectivity index (χ0n) is 12.4. The molecular formula is C13H25N3O3. The molecule has 0 aromatic carbocycles. The topological polar surface area (TPSA) is 61.9 Å². The van der Waals surface area contributed by atoms with E-state index in [0.29, 0.717) is 6.54 Å². The van der Waals surface area contributed by atoms with Crippen LogP contribution >= 0.6 is 0 Å². The van der Waals surface area contributed by atoms with Crippen molar-refractivity contribution in [2.75, 3.05) is 46.4 Å². The Bertz CT molecular complexity index is 325. The Morgan fingerprint density at radius 3 is 2.42 bits per heavy atom. The molecule has 1 aliphatic heterocycles. The standard InChI is InChI=1S/C13H25N3O3/c1-11(17)15(4)9-12(18)14-10-13(2,3)16-5-7-19-8-6-16/h5-10H2,1-4H3,(H,14,18). The summed E-state index contributed by atoms with van der Waals surface area (Å²) in [5, 5.41) is 2.89. The maximum atomic E-state index is 11.7. The number of nitrogens with one attached hydrogen (secondary N) is 1. The summed E-state index contributed by atoms with van der Waals surface area (Å²) in [7, 11) is 1.62. The van der Waals surface area contributed by atoms with Crippen molar-refractivity contribution >= 4 is 11.8 Å². The number of amides is 2. The van der Waals surface area contributed by atoms with Crippen molar-refractivity contribution in [1.82, 2.24) is 15.1 Å². The average molecular weight is 271 g/mol. The first-order valence-electron chi connectivity index (χ1n) is 6.64. The van der Waals surface area contributed by atoms with Gasteiger partial charge < -0.3 is 15.0 Å². The van der Waals surface area contributed by atoms with Crippen LogP contribution < -0.4 is 5.32 Å². The van der Waals surface area contributed by atoms with Gasteiger partial charge in [-0.1, -0.05) is 0 Å². The van der Waals surface area contributed by atoms with E-state index in [4.69, 9.17) is 4.74 Å². The molecule has 1 aliphatic rings. The van der Waals surface area contributed by atoms with Crippen LogP contribution in [0.25, 0.3) is 0 Å². The number of ether oxygens (including phenoxy) is 1. The van der Waals surface area contributed by atoms with Crippen molar-refractivity contribution in [3.63, 3.8) is 0 Å². The SMILES string of the molecule is CC(=O)N(C)CC(=O)NCC(C)(C)N1CCOCC1. The third-order valence-electron chi connectivity index (χ3n) is 3.50. The quantitative estimate of drug-likeness (QED) is 0.745. The van der Waals surface area contributed by atoms with Gasteiger partial charge in [0.25, 0.3) is 0 Å². The van der Waals surface area contributed by atoms with Gasteiger partial charge in [0, 0.05) is 39.1 Å². The number of carbonyl (C=O) groups is 2. The first-order chi connectivity index (χ1) is 8.83. The van der Waals surface area contributed by atoms with Crippen LogP contribution in [0.3, 0.4) is 0 Å². The Balaban J connectivity index is 2.37. The lowest BCUT2D eigenvalue weighted by Gasteiger charge is -2.40. The predicted octanol–water partition coefficient (Wildman–Crippen LogP) is -0.308. The Morgan fingerprint density at radius 2 is 1.89 bits per heavy atom. The summed E-state index contributed by atoms with van der Waals surface area (Å²) >= 11 is 0. The molecule has 1 N–H and O–H groups in total. The van der Waals surface area contributed by atoms with Crippen molar-refractivity contribution in [3.05, 3.63) is 0 Å². The highest BCUT2D eigenvalue weighted by molar-refractivity contribution is 5.83. The van der Waals surface area contributed by atoms with Crippen molar-refractivity contribution in [1.29, 1.82) is 0 Å². The molecule has 1 saturated heterocycles. The number of hydrogen-bond acceptors (Lipinski definition) is 4. The van der Waals surface area contributed by atoms with Gasteiger partial charge in [0.15, 0.2) is 0 Å². The molecule has 6 nitrogen and oxygen atoms in total. The van der Waals surface area contributed by atoms with E-state index in [0.717, 1.165) is 26.3 Å². The second-order valence-corrected chi connectivity index (χ2v) is 5.56. The predicted molar refractivity (Wildman–Crippen MR) is 72.8 cm³/mol. The summed E-state index contributed by atoms with van der Waals surface area (Å²) in [6.07, 6.45) is 0. The molecule has 6 heteroatoms. The minimum absolute atomic E-state index is 0.103. The van der Waals surface area contributed by atoms with Crippen LogP contribution in [0.5, 0.6) is 0 Å². The number of likely N-dealkylation sites (N-methyl/N-ethyl adjacent to an activating group) is 1. The summed E-state index contributed by atoms with van der Waals surface area (Å²) in [4.78, 5) is 26.5. The Morgan fingerprint density at radius 1 is 1.32 bits per heavy atom. The Kier molecular flexibility index (Phi) is 5.75. The van der Waals surface area contributed by atoms with Crippen LogP contribution in [0.1, 0.15) is 20.8 Å². The summed E-state index contributed by atoms with van der Waals surface area (Å²) in [6.45, 7) is 9.58. The fourth-order valence-electron chi connectivity index (χ4n) is 1.98. The fraction of sp³-hybridized carbons (Fsp3) is 0.846. The van der Waals surface area contributed by atoms with Gasteiger partial charge in [-0.05, 0) is 13.8 Å². The molecule has 1 heterocycles. The molecule has 1 rings (SSSR count). The van der Waals surface area contributed by atoms with Gasteiger partial charge in [-0.15, -0.1) is 0 Å². The number of nitrogens with zero attached hydrogens (tertiary/aromatic N) is 2. The lowest BCUT2D eigenvalue weighted by Crippen LogP contribution is -2.56. The summed E-state index contributed by atoms with van der Waals surface area (Å²) in [5.74, 6) is -0.235. The van der Waals surface area contributed by atoms with E-state index in [1.54, 1.807) is 7.05 Å². The third-order valence-corrected chi connectivity index (χ3v) is 3.50. The molecule has 0 unspecified atom stereocenters. The molecule has 2 amide bonds. The number of morpholine rings is 1. The van der Waals surface area contributed by atoms with E-state index in [2.05, 4.69) is 24.1 Å². The lowest BCUT2D eigenvalue weighted by atomic mass is 10.0. The number of hydrogen-bond donors (Lipinski definition) is 1. The summed E-state index contributed by atoms with van der Waals surface area (Å²) in [5.41, 5.74) is -0.103. The largest absolute Gasteiger partial charge is 0.379 e. The van der Waals surface area contributed by atoms with Crippen LogP contribution in [0, 0.1) is 0 Å². The maximum Gasteiger partial charge on any atom is 0.239 e. The van der Waals surface area contributed by atoms with E-state index >= 15 is 0 Å². The van der Waals surface area contributed by atoms with Crippen LogP contribution in [0.4, 0.5) is 0 Å². The fourth-order valence-corrected chi connectivity index (χ4v) is 1.98. The lowest BCUT2D eigenvalue weighted by molar-refractivity contribution is -0.133. The first-order valence-corrected chi connectivity index (χ1v) is 6.64. The Hall–Kier alpha value is -1.14. The summed E-state index contributed by atoms with van der Waals surface area (Å²) < 4.78 is 5.33. The molecule has 0 aromatic heterocycles. The van der Waals surface area contributed by atoms with E-state index in [1.807, 2.05) is 0 Å². The molecule has 0 aliphatic carbocycles. The zero-order chi connectivity index (χ0) is 14.5. The second-order valence-electron chi connectivity index (χ2n) is 5.56.